The molecule has 0 amide bonds. The zero-order chi connectivity index (χ0) is 8.74. The van der Waals surface area contributed by atoms with Gasteiger partial charge in [-0.1, -0.05) is 47.8 Å². The van der Waals surface area contributed by atoms with Crippen LogP contribution in [0.2, 0.25) is 0 Å². The second-order valence-electron chi connectivity index (χ2n) is 1.34. The third kappa shape index (κ3) is 10.7. The van der Waals surface area contributed by atoms with Crippen LogP contribution in [0, 0.1) is 0 Å². The van der Waals surface area contributed by atoms with Crippen LogP contribution in [-0.2, 0) is 4.79 Å². The summed E-state index contributed by atoms with van der Waals surface area (Å²) in [6.45, 7) is 0. The van der Waals surface area contributed by atoms with Gasteiger partial charge in [-0.2, -0.15) is 0 Å². The quantitative estimate of drug-likeness (QED) is 0.522. The number of carbonyl (C=O) groups is 1. The lowest BCUT2D eigenvalue weighted by atomic mass is 10.9. The van der Waals surface area contributed by atoms with Crippen LogP contribution in [0.5, 0.6) is 0 Å². The summed E-state index contributed by atoms with van der Waals surface area (Å²) in [5, 5.41) is 1.93. The monoisotopic (exact) mass is 363 g/mol. The molecule has 1 rings (SSSR count). The second kappa shape index (κ2) is 6.28. The van der Waals surface area contributed by atoms with Crippen LogP contribution in [0.1, 0.15) is 0 Å². The van der Waals surface area contributed by atoms with E-state index in [9.17, 15) is 4.79 Å². The zero-order valence-corrected chi connectivity index (χ0v) is 10.8. The van der Waals surface area contributed by atoms with E-state index in [-0.39, 0.29) is 0 Å². The topological polar surface area (TPSA) is 30.0 Å². The number of carbonyl (C=O) groups excluding carboxylic acids is 1. The Hall–Kier alpha value is 0.740. The second-order valence-corrected chi connectivity index (χ2v) is 9.04. The van der Waals surface area contributed by atoms with Crippen molar-refractivity contribution >= 4 is 65.4 Å². The molecule has 0 unspecified atom stereocenters. The van der Waals surface area contributed by atoms with Gasteiger partial charge in [0.2, 0.25) is 0 Å². The average Bonchev–Trinajstić information content (AvgIpc) is 2.41. The minimum atomic E-state index is -0.701. The molecular weight excluding hydrogens is 362 g/mol. The van der Waals surface area contributed by atoms with Gasteiger partial charge in [-0.15, -0.1) is 11.3 Å². The summed E-state index contributed by atoms with van der Waals surface area (Å²) >= 11 is 10.4. The van der Waals surface area contributed by atoms with Crippen LogP contribution in [0.25, 0.3) is 0 Å². The summed E-state index contributed by atoms with van der Waals surface area (Å²) in [7, 11) is 0. The summed E-state index contributed by atoms with van der Waals surface area (Å²) in [4.78, 5) is 13.4. The summed E-state index contributed by atoms with van der Waals surface area (Å²) in [5.41, 5.74) is 1.79. The fourth-order valence-corrected chi connectivity index (χ4v) is 0.527. The Morgan fingerprint density at radius 3 is 2.09 bits per heavy atom. The Kier molecular flexibility index (Phi) is 6.70. The van der Waals surface area contributed by atoms with Crippen molar-refractivity contribution in [3.05, 3.63) is 17.1 Å². The van der Waals surface area contributed by atoms with Crippen molar-refractivity contribution in [2.45, 2.75) is 2.14 Å². The third-order valence-corrected chi connectivity index (χ3v) is 1.56. The van der Waals surface area contributed by atoms with E-state index in [1.165, 1.54) is 0 Å². The number of hydrogen-bond acceptors (Lipinski definition) is 3. The third-order valence-electron chi connectivity index (χ3n) is 0.481. The number of aldehydes is 1. The first kappa shape index (κ1) is 11.7. The van der Waals surface area contributed by atoms with E-state index < -0.39 is 2.14 Å². The van der Waals surface area contributed by atoms with Crippen molar-refractivity contribution in [2.24, 2.45) is 0 Å². The standard InChI is InChI=1S/C3H3NS.C2HBr3O/c1-2-5-3-4-1;3-2(4,5)1-6/h1-3H;1H. The molecule has 0 aromatic carbocycles. The normalized spacial score (nSPS) is 9.73. The number of thiazole rings is 1. The maximum Gasteiger partial charge on any atom is 0.189 e. The Labute approximate surface area is 93.8 Å². The van der Waals surface area contributed by atoms with Crippen molar-refractivity contribution in [3.8, 4) is 0 Å². The molecule has 2 nitrogen and oxygen atoms in total. The van der Waals surface area contributed by atoms with Gasteiger partial charge in [-0.25, -0.2) is 0 Å². The summed E-state index contributed by atoms with van der Waals surface area (Å²) in [5.74, 6) is 0. The van der Waals surface area contributed by atoms with Crippen molar-refractivity contribution in [1.29, 1.82) is 0 Å². The van der Waals surface area contributed by atoms with Crippen LogP contribution >= 0.6 is 59.1 Å². The maximum atomic E-state index is 9.69. The maximum absolute atomic E-state index is 9.69. The molecule has 0 saturated heterocycles. The molecule has 6 heteroatoms. The predicted molar refractivity (Wildman–Crippen MR) is 57.7 cm³/mol. The largest absolute Gasteiger partial charge is 0.300 e. The van der Waals surface area contributed by atoms with Gasteiger partial charge in [0.15, 0.2) is 8.43 Å². The first-order valence-corrected chi connectivity index (χ1v) is 5.73. The fourth-order valence-electron chi connectivity index (χ4n) is 0.176. The lowest BCUT2D eigenvalue weighted by Crippen LogP contribution is -1.97. The highest BCUT2D eigenvalue weighted by molar-refractivity contribution is 9.40. The smallest absolute Gasteiger partial charge is 0.189 e. The SMILES string of the molecule is O=CC(Br)(Br)Br.c1cscn1. The van der Waals surface area contributed by atoms with Crippen LogP contribution in [0.3, 0.4) is 0 Å². The number of halogens is 3. The highest BCUT2D eigenvalue weighted by Crippen LogP contribution is 2.29. The Balaban J connectivity index is 0.000000183. The van der Waals surface area contributed by atoms with Crippen LogP contribution in [-0.4, -0.2) is 13.4 Å². The first-order valence-electron chi connectivity index (χ1n) is 2.41. The molecule has 1 heterocycles. The molecule has 0 aliphatic heterocycles. The Morgan fingerprint density at radius 1 is 1.45 bits per heavy atom. The van der Waals surface area contributed by atoms with E-state index in [1.54, 1.807) is 23.0 Å². The van der Waals surface area contributed by atoms with E-state index in [2.05, 4.69) is 52.8 Å². The molecule has 0 saturated carbocycles. The lowest BCUT2D eigenvalue weighted by molar-refractivity contribution is -0.106. The predicted octanol–water partition coefficient (Wildman–Crippen LogP) is 3.17. The van der Waals surface area contributed by atoms with Gasteiger partial charge in [0.05, 0.1) is 5.51 Å². The van der Waals surface area contributed by atoms with Gasteiger partial charge in [0.25, 0.3) is 0 Å². The van der Waals surface area contributed by atoms with Gasteiger partial charge in [0.1, 0.15) is 0 Å². The van der Waals surface area contributed by atoms with E-state index in [0.717, 1.165) is 0 Å². The molecule has 1 aromatic heterocycles. The van der Waals surface area contributed by atoms with Gasteiger partial charge >= 0.3 is 0 Å². The van der Waals surface area contributed by atoms with Gasteiger partial charge in [-0.05, 0) is 0 Å². The van der Waals surface area contributed by atoms with Gasteiger partial charge in [0, 0.05) is 11.6 Å². The Morgan fingerprint density at radius 2 is 2.00 bits per heavy atom. The van der Waals surface area contributed by atoms with E-state index in [4.69, 9.17) is 0 Å². The molecule has 0 radical (unpaired) electrons. The van der Waals surface area contributed by atoms with Crippen molar-refractivity contribution in [3.63, 3.8) is 0 Å². The summed E-state index contributed by atoms with van der Waals surface area (Å²) < 4.78 is -0.701. The van der Waals surface area contributed by atoms with E-state index in [1.807, 2.05) is 5.38 Å². The van der Waals surface area contributed by atoms with Crippen LogP contribution in [0.15, 0.2) is 17.1 Å². The molecule has 0 aliphatic carbocycles. The number of aromatic nitrogens is 1. The molecule has 0 atom stereocenters. The zero-order valence-electron chi connectivity index (χ0n) is 5.21. The minimum Gasteiger partial charge on any atom is -0.300 e. The number of hydrogen-bond donors (Lipinski definition) is 0. The number of nitrogens with zero attached hydrogens (tertiary/aromatic N) is 1. The van der Waals surface area contributed by atoms with Crippen LogP contribution in [0.4, 0.5) is 0 Å². The number of rotatable bonds is 0. The first-order chi connectivity index (χ1) is 5.06. The molecule has 0 spiro atoms. The minimum absolute atomic E-state index is 0.688. The van der Waals surface area contributed by atoms with Crippen LogP contribution < -0.4 is 0 Å². The summed E-state index contributed by atoms with van der Waals surface area (Å²) in [6.07, 6.45) is 2.46. The highest BCUT2D eigenvalue weighted by atomic mass is 80.0. The molecule has 11 heavy (non-hydrogen) atoms. The van der Waals surface area contributed by atoms with Crippen molar-refractivity contribution < 1.29 is 4.79 Å². The molecule has 0 N–H and O–H groups in total. The lowest BCUT2D eigenvalue weighted by Gasteiger charge is -1.95. The Bertz CT molecular complexity index is 167. The average molecular weight is 366 g/mol. The molecular formula is C5H4Br3NOS. The molecule has 62 valence electrons. The van der Waals surface area contributed by atoms with E-state index in [0.29, 0.717) is 6.29 Å². The van der Waals surface area contributed by atoms with Crippen molar-refractivity contribution in [2.75, 3.05) is 0 Å². The van der Waals surface area contributed by atoms with E-state index >= 15 is 0 Å². The summed E-state index contributed by atoms with van der Waals surface area (Å²) in [6, 6.07) is 0. The fraction of sp³-hybridized carbons (Fsp3) is 0.200. The molecule has 0 aliphatic rings. The molecule has 0 fully saturated rings. The highest BCUT2D eigenvalue weighted by Gasteiger charge is 2.13. The van der Waals surface area contributed by atoms with Crippen molar-refractivity contribution in [1.82, 2.24) is 4.98 Å². The number of alkyl halides is 3. The van der Waals surface area contributed by atoms with Gasteiger partial charge in [-0.3, -0.25) is 9.78 Å². The van der Waals surface area contributed by atoms with Gasteiger partial charge < -0.3 is 0 Å². The molecule has 0 bridgehead atoms. The molecule has 1 aromatic rings.